The van der Waals surface area contributed by atoms with Crippen LogP contribution in [-0.2, 0) is 16.2 Å². The van der Waals surface area contributed by atoms with Crippen LogP contribution in [0.4, 0.5) is 45.5 Å². The average Bonchev–Trinajstić information content (AvgIpc) is 4.00. The molecule has 0 atom stereocenters. The summed E-state index contributed by atoms with van der Waals surface area (Å²) in [4.78, 5) is 7.67. The van der Waals surface area contributed by atoms with Crippen molar-refractivity contribution in [2.24, 2.45) is 0 Å². The maximum absolute atomic E-state index is 2.57. The highest BCUT2D eigenvalue weighted by Crippen LogP contribution is 2.58. The largest absolute Gasteiger partial charge is 0.314 e. The first-order valence-corrected chi connectivity index (χ1v) is 28.6. The minimum Gasteiger partial charge on any atom is -0.314 e. The summed E-state index contributed by atoms with van der Waals surface area (Å²) in [6.07, 6.45) is 4.39. The normalized spacial score (nSPS) is 15.6. The maximum atomic E-state index is 2.57. The monoisotopic (exact) mass is 1030 g/mol. The van der Waals surface area contributed by atoms with Crippen LogP contribution < -0.4 is 14.7 Å². The van der Waals surface area contributed by atoms with Crippen LogP contribution >= 0.6 is 0 Å². The number of hydrogen-bond donors (Lipinski definition) is 0. The van der Waals surface area contributed by atoms with E-state index in [1.165, 1.54) is 94.0 Å². The van der Waals surface area contributed by atoms with Gasteiger partial charge >= 0.3 is 0 Å². The summed E-state index contributed by atoms with van der Waals surface area (Å²) in [5, 5.41) is 4.94. The van der Waals surface area contributed by atoms with E-state index in [0.717, 1.165) is 58.3 Å². The first-order chi connectivity index (χ1) is 39.0. The number of benzene rings is 11. The van der Waals surface area contributed by atoms with Crippen molar-refractivity contribution in [2.45, 2.75) is 70.6 Å². The minimum absolute atomic E-state index is 0.148. The Morgan fingerprint density at radius 3 is 1.09 bits per heavy atom. The predicted octanol–water partition coefficient (Wildman–Crippen LogP) is 21.1. The summed E-state index contributed by atoms with van der Waals surface area (Å²) in [6.45, 7) is 14.4. The topological polar surface area (TPSA) is 9.72 Å². The van der Waals surface area contributed by atoms with Crippen molar-refractivity contribution in [2.75, 3.05) is 14.7 Å². The van der Waals surface area contributed by atoms with E-state index in [1.807, 2.05) is 0 Å². The van der Waals surface area contributed by atoms with Gasteiger partial charge < -0.3 is 14.7 Å². The van der Waals surface area contributed by atoms with Crippen molar-refractivity contribution in [1.29, 1.82) is 0 Å². The van der Waals surface area contributed by atoms with Gasteiger partial charge in [0.1, 0.15) is 0 Å². The lowest BCUT2D eigenvalue weighted by atomic mass is 9.79. The van der Waals surface area contributed by atoms with Gasteiger partial charge in [-0.3, -0.25) is 0 Å². The highest BCUT2D eigenvalue weighted by Gasteiger charge is 2.41. The zero-order chi connectivity index (χ0) is 54.1. The van der Waals surface area contributed by atoms with Crippen molar-refractivity contribution in [1.82, 2.24) is 0 Å². The number of allylic oxidation sites excluding steroid dienone is 4. The molecule has 0 N–H and O–H groups in total. The number of nitrogens with zero attached hydrogens (tertiary/aromatic N) is 3. The van der Waals surface area contributed by atoms with Gasteiger partial charge in [0, 0.05) is 55.5 Å². The number of para-hydroxylation sites is 3. The minimum atomic E-state index is -0.231. The van der Waals surface area contributed by atoms with Crippen LogP contribution in [0.5, 0.6) is 0 Å². The van der Waals surface area contributed by atoms with E-state index in [4.69, 9.17) is 0 Å². The molecule has 386 valence electrons. The van der Waals surface area contributed by atoms with Crippen LogP contribution in [-0.4, -0.2) is 0 Å². The fourth-order valence-electron chi connectivity index (χ4n) is 14.6. The predicted molar refractivity (Wildman–Crippen MR) is 338 cm³/mol. The van der Waals surface area contributed by atoms with E-state index >= 15 is 0 Å². The lowest BCUT2D eigenvalue weighted by Crippen LogP contribution is -2.23. The van der Waals surface area contributed by atoms with Gasteiger partial charge in [0.05, 0.1) is 22.7 Å². The molecule has 0 bridgehead atoms. The van der Waals surface area contributed by atoms with Crippen LogP contribution in [0, 0.1) is 0 Å². The van der Waals surface area contributed by atoms with Crippen LogP contribution in [0.3, 0.4) is 0 Å². The highest BCUT2D eigenvalue weighted by molar-refractivity contribution is 6.12. The summed E-state index contributed by atoms with van der Waals surface area (Å²) in [5.74, 6) is 0. The maximum Gasteiger partial charge on any atom is 0.0543 e. The quantitative estimate of drug-likeness (QED) is 0.143. The second kappa shape index (κ2) is 17.9. The molecule has 11 aromatic rings. The Morgan fingerprint density at radius 1 is 0.287 bits per heavy atom. The lowest BCUT2D eigenvalue weighted by molar-refractivity contribution is 0.648. The Hall–Kier alpha value is -9.18. The molecule has 15 rings (SSSR count). The Labute approximate surface area is 471 Å². The van der Waals surface area contributed by atoms with Gasteiger partial charge in [0.2, 0.25) is 0 Å². The van der Waals surface area contributed by atoms with E-state index < -0.39 is 0 Å². The summed E-state index contributed by atoms with van der Waals surface area (Å²) >= 11 is 0. The van der Waals surface area contributed by atoms with Crippen LogP contribution in [0.25, 0.3) is 49.4 Å². The van der Waals surface area contributed by atoms with E-state index in [0.29, 0.717) is 0 Å². The molecule has 0 aliphatic heterocycles. The van der Waals surface area contributed by atoms with Crippen molar-refractivity contribution in [3.63, 3.8) is 0 Å². The Morgan fingerprint density at radius 2 is 0.637 bits per heavy atom. The molecule has 0 saturated heterocycles. The molecule has 11 aromatic carbocycles. The van der Waals surface area contributed by atoms with Crippen molar-refractivity contribution in [3.05, 3.63) is 293 Å². The van der Waals surface area contributed by atoms with Crippen LogP contribution in [0.2, 0.25) is 0 Å². The molecule has 0 spiro atoms. The average molecular weight is 1030 g/mol. The molecule has 0 aromatic heterocycles. The second-order valence-electron chi connectivity index (χ2n) is 24.0. The van der Waals surface area contributed by atoms with Crippen LogP contribution in [0.1, 0.15) is 87.8 Å². The van der Waals surface area contributed by atoms with Gasteiger partial charge in [0.15, 0.2) is 0 Å². The molecular weight excluding hydrogens is 967 g/mol. The Kier molecular flexibility index (Phi) is 10.8. The van der Waals surface area contributed by atoms with Gasteiger partial charge in [-0.15, -0.1) is 0 Å². The SMILES string of the molecule is CC1(C)C2=C(CCC(N(c3ccccc3)c3cc(N(c4ccccc4)c4cc5c(c6ccccc46)-c4ccccc4C5(C)C)cc(N(c4ccccc4)c4cc5c(c6ccccc46)-c4ccccc4C5(C)C)c3)=C2)c2ccccc21. The third kappa shape index (κ3) is 7.12. The van der Waals surface area contributed by atoms with Gasteiger partial charge in [0.25, 0.3) is 0 Å². The molecule has 80 heavy (non-hydrogen) atoms. The molecule has 4 aliphatic rings. The third-order valence-electron chi connectivity index (χ3n) is 18.5. The summed E-state index contributed by atoms with van der Waals surface area (Å²) < 4.78 is 0. The van der Waals surface area contributed by atoms with E-state index in [2.05, 4.69) is 305 Å². The van der Waals surface area contributed by atoms with E-state index in [9.17, 15) is 0 Å². The van der Waals surface area contributed by atoms with Crippen molar-refractivity contribution >= 4 is 72.6 Å². The molecule has 0 radical (unpaired) electrons. The first kappa shape index (κ1) is 48.0. The number of hydrogen-bond acceptors (Lipinski definition) is 3. The summed E-state index contributed by atoms with van der Waals surface area (Å²) in [6, 6.07) is 91.1. The number of anilines is 8. The van der Waals surface area contributed by atoms with Crippen LogP contribution in [0.15, 0.2) is 260 Å². The molecular formula is C77H63N3. The summed E-state index contributed by atoms with van der Waals surface area (Å²) in [7, 11) is 0. The third-order valence-corrected chi connectivity index (χ3v) is 18.5. The first-order valence-electron chi connectivity index (χ1n) is 28.6. The van der Waals surface area contributed by atoms with Gasteiger partial charge in [-0.1, -0.05) is 217 Å². The van der Waals surface area contributed by atoms with Gasteiger partial charge in [-0.05, 0) is 163 Å². The van der Waals surface area contributed by atoms with Gasteiger partial charge in [-0.25, -0.2) is 0 Å². The summed E-state index contributed by atoms with van der Waals surface area (Å²) in [5.41, 5.74) is 25.9. The molecule has 4 aliphatic carbocycles. The fourth-order valence-corrected chi connectivity index (χ4v) is 14.6. The standard InChI is InChI=1S/C77H63N3/c1-75(2)65-39-23-20-32-57(65)58-43-42-53(47-68(58)75)78(50-26-10-7-11-27-50)54-44-55(79(51-28-12-8-13-29-51)71-48-69-73(61-35-18-16-33-59(61)71)63-37-21-24-40-66(63)76(69,3)4)46-56(45-54)80(52-30-14-9-15-31-52)72-49-70-74(62-36-19-17-34-60(62)72)64-38-22-25-41-67(64)77(70,5)6/h7-41,44-49H,42-43H2,1-6H3. The number of fused-ring (bicyclic) bond motifs is 12. The zero-order valence-electron chi connectivity index (χ0n) is 46.4. The lowest BCUT2D eigenvalue weighted by Gasteiger charge is -2.36. The molecule has 0 saturated carbocycles. The molecule has 0 fully saturated rings. The smallest absolute Gasteiger partial charge is 0.0543 e. The zero-order valence-corrected chi connectivity index (χ0v) is 46.4. The molecule has 0 amide bonds. The van der Waals surface area contributed by atoms with Gasteiger partial charge in [-0.2, -0.15) is 0 Å². The van der Waals surface area contributed by atoms with E-state index in [1.54, 1.807) is 0 Å². The molecule has 3 nitrogen and oxygen atoms in total. The van der Waals surface area contributed by atoms with Crippen molar-refractivity contribution in [3.8, 4) is 22.3 Å². The second-order valence-corrected chi connectivity index (χ2v) is 24.0. The molecule has 3 heteroatoms. The van der Waals surface area contributed by atoms with E-state index in [-0.39, 0.29) is 16.2 Å². The Balaban J connectivity index is 1.04. The molecule has 0 unspecified atom stereocenters. The number of rotatable bonds is 9. The Bertz CT molecular complexity index is 4180. The highest BCUT2D eigenvalue weighted by atomic mass is 15.2. The van der Waals surface area contributed by atoms with Crippen molar-refractivity contribution < 1.29 is 0 Å². The fraction of sp³-hybridized carbons (Fsp3) is 0.143. The molecule has 0 heterocycles.